The van der Waals surface area contributed by atoms with Crippen LogP contribution < -0.4 is 0 Å². The zero-order valence-corrected chi connectivity index (χ0v) is 12.1. The zero-order valence-electron chi connectivity index (χ0n) is 10.6. The molecule has 1 fully saturated rings. The maximum absolute atomic E-state index is 12.5. The van der Waals surface area contributed by atoms with Crippen molar-refractivity contribution in [2.75, 3.05) is 13.1 Å². The molecule has 1 saturated heterocycles. The molecule has 1 N–H and O–H groups in total. The van der Waals surface area contributed by atoms with Crippen LogP contribution in [-0.4, -0.2) is 37.0 Å². The minimum absolute atomic E-state index is 0.0964. The van der Waals surface area contributed by atoms with Gasteiger partial charge in [-0.1, -0.05) is 18.2 Å². The Morgan fingerprint density at radius 2 is 2.00 bits per heavy atom. The fraction of sp³-hybridized carbons (Fsp3) is 0.333. The molecule has 1 heterocycles. The third-order valence-electron chi connectivity index (χ3n) is 3.10. The number of β-amino-alcohol motifs (C(OH)–C–C–N with tert-alkyl or cyclic N) is 1. The van der Waals surface area contributed by atoms with Crippen LogP contribution in [0.15, 0.2) is 35.2 Å². The van der Waals surface area contributed by atoms with Crippen LogP contribution in [0.25, 0.3) is 0 Å². The average Bonchev–Trinajstić information content (AvgIpc) is 2.69. The highest BCUT2D eigenvalue weighted by Crippen LogP contribution is 2.35. The molecule has 1 aromatic carbocycles. The van der Waals surface area contributed by atoms with Crippen LogP contribution in [0.4, 0.5) is 13.2 Å². The second-order valence-electron chi connectivity index (χ2n) is 4.61. The number of rotatable bonds is 2. The fourth-order valence-corrected chi connectivity index (χ4v) is 3.90. The van der Waals surface area contributed by atoms with Gasteiger partial charge in [-0.05, 0) is 23.8 Å². The number of aliphatic hydroxyl groups is 1. The summed E-state index contributed by atoms with van der Waals surface area (Å²) in [7, 11) is -4.08. The molecule has 0 bridgehead atoms. The molecule has 4 nitrogen and oxygen atoms in total. The standard InChI is InChI=1S/C12H11ClF3NO3S/c1-7-5-17(6-10(7)18)21(19,20)11-3-2-8(4-9(11)13)12(14,15)16/h2-4,10,18H,1,5-6H2. The quantitative estimate of drug-likeness (QED) is 0.840. The summed E-state index contributed by atoms with van der Waals surface area (Å²) in [5.41, 5.74) is -0.709. The number of hydrogen-bond acceptors (Lipinski definition) is 3. The molecule has 21 heavy (non-hydrogen) atoms. The summed E-state index contributed by atoms with van der Waals surface area (Å²) in [5, 5.41) is 8.99. The van der Waals surface area contributed by atoms with Gasteiger partial charge >= 0.3 is 6.18 Å². The van der Waals surface area contributed by atoms with E-state index < -0.39 is 37.8 Å². The number of halogens is 4. The fourth-order valence-electron chi connectivity index (χ4n) is 1.93. The van der Waals surface area contributed by atoms with Gasteiger partial charge in [-0.15, -0.1) is 0 Å². The molecule has 1 unspecified atom stereocenters. The molecule has 0 aliphatic carbocycles. The number of nitrogens with zero attached hydrogens (tertiary/aromatic N) is 1. The molecule has 0 spiro atoms. The Morgan fingerprint density at radius 1 is 1.38 bits per heavy atom. The summed E-state index contributed by atoms with van der Waals surface area (Å²) in [4.78, 5) is -0.431. The molecule has 0 radical (unpaired) electrons. The molecule has 116 valence electrons. The topological polar surface area (TPSA) is 57.6 Å². The summed E-state index contributed by atoms with van der Waals surface area (Å²) in [6.07, 6.45) is -5.60. The van der Waals surface area contributed by atoms with Crippen LogP contribution in [-0.2, 0) is 16.2 Å². The first-order valence-corrected chi connectivity index (χ1v) is 7.58. The van der Waals surface area contributed by atoms with Gasteiger partial charge in [-0.2, -0.15) is 17.5 Å². The maximum Gasteiger partial charge on any atom is 0.416 e. The van der Waals surface area contributed by atoms with Crippen molar-refractivity contribution in [2.24, 2.45) is 0 Å². The predicted molar refractivity (Wildman–Crippen MR) is 70.4 cm³/mol. The van der Waals surface area contributed by atoms with Crippen molar-refractivity contribution in [3.8, 4) is 0 Å². The Balaban J connectivity index is 2.40. The molecular weight excluding hydrogens is 331 g/mol. The van der Waals surface area contributed by atoms with Gasteiger partial charge in [0.05, 0.1) is 16.7 Å². The van der Waals surface area contributed by atoms with E-state index in [1.54, 1.807) is 0 Å². The first-order chi connectivity index (χ1) is 9.53. The molecule has 1 atom stereocenters. The average molecular weight is 342 g/mol. The second kappa shape index (κ2) is 5.28. The SMILES string of the molecule is C=C1CN(S(=O)(=O)c2ccc(C(F)(F)F)cc2Cl)CC1O. The number of aliphatic hydroxyl groups excluding tert-OH is 1. The Kier molecular flexibility index (Phi) is 4.09. The van der Waals surface area contributed by atoms with Gasteiger partial charge in [0.15, 0.2) is 0 Å². The van der Waals surface area contributed by atoms with E-state index in [4.69, 9.17) is 11.6 Å². The van der Waals surface area contributed by atoms with E-state index in [2.05, 4.69) is 6.58 Å². The molecule has 0 amide bonds. The molecule has 9 heteroatoms. The molecule has 2 rings (SSSR count). The minimum atomic E-state index is -4.61. The highest BCUT2D eigenvalue weighted by Gasteiger charge is 2.36. The lowest BCUT2D eigenvalue weighted by Crippen LogP contribution is -2.30. The van der Waals surface area contributed by atoms with Gasteiger partial charge in [0.1, 0.15) is 4.90 Å². The molecule has 1 aliphatic heterocycles. The monoisotopic (exact) mass is 341 g/mol. The second-order valence-corrected chi connectivity index (χ2v) is 6.93. The van der Waals surface area contributed by atoms with Crippen molar-refractivity contribution in [1.29, 1.82) is 0 Å². The van der Waals surface area contributed by atoms with E-state index in [-0.39, 0.29) is 13.1 Å². The highest BCUT2D eigenvalue weighted by atomic mass is 35.5. The van der Waals surface area contributed by atoms with E-state index in [9.17, 15) is 26.7 Å². The van der Waals surface area contributed by atoms with Crippen molar-refractivity contribution in [3.63, 3.8) is 0 Å². The number of hydrogen-bond donors (Lipinski definition) is 1. The summed E-state index contributed by atoms with van der Waals surface area (Å²) in [5.74, 6) is 0. The molecule has 1 aromatic rings. The van der Waals surface area contributed by atoms with Crippen LogP contribution >= 0.6 is 11.6 Å². The van der Waals surface area contributed by atoms with Gasteiger partial charge in [0.2, 0.25) is 10.0 Å². The van der Waals surface area contributed by atoms with Crippen LogP contribution in [0.3, 0.4) is 0 Å². The maximum atomic E-state index is 12.5. The van der Waals surface area contributed by atoms with Crippen LogP contribution in [0.5, 0.6) is 0 Å². The number of alkyl halides is 3. The van der Waals surface area contributed by atoms with Crippen molar-refractivity contribution in [2.45, 2.75) is 17.2 Å². The number of benzene rings is 1. The molecule has 0 saturated carbocycles. The van der Waals surface area contributed by atoms with Crippen molar-refractivity contribution in [1.82, 2.24) is 4.31 Å². The lowest BCUT2D eigenvalue weighted by atomic mass is 10.2. The first kappa shape index (κ1) is 16.3. The van der Waals surface area contributed by atoms with Crippen LogP contribution in [0.1, 0.15) is 5.56 Å². The minimum Gasteiger partial charge on any atom is -0.387 e. The van der Waals surface area contributed by atoms with Crippen molar-refractivity contribution in [3.05, 3.63) is 40.9 Å². The Bertz CT molecular complexity index is 687. The summed E-state index contributed by atoms with van der Waals surface area (Å²) < 4.78 is 63.2. The molecule has 0 aromatic heterocycles. The summed E-state index contributed by atoms with van der Waals surface area (Å²) in [6.45, 7) is 3.23. The largest absolute Gasteiger partial charge is 0.416 e. The van der Waals surface area contributed by atoms with Crippen molar-refractivity contribution < 1.29 is 26.7 Å². The van der Waals surface area contributed by atoms with E-state index in [0.717, 1.165) is 10.4 Å². The molecular formula is C12H11ClF3NO3S. The Hall–Kier alpha value is -1.09. The first-order valence-electron chi connectivity index (χ1n) is 5.76. The summed E-state index contributed by atoms with van der Waals surface area (Å²) in [6, 6.07) is 2.03. The third-order valence-corrected chi connectivity index (χ3v) is 5.40. The lowest BCUT2D eigenvalue weighted by molar-refractivity contribution is -0.137. The predicted octanol–water partition coefficient (Wildman–Crippen LogP) is 2.28. The normalized spacial score (nSPS) is 21.0. The lowest BCUT2D eigenvalue weighted by Gasteiger charge is -2.17. The Labute approximate surface area is 124 Å². The highest BCUT2D eigenvalue weighted by molar-refractivity contribution is 7.89. The van der Waals surface area contributed by atoms with E-state index >= 15 is 0 Å². The van der Waals surface area contributed by atoms with Crippen molar-refractivity contribution >= 4 is 21.6 Å². The Morgan fingerprint density at radius 3 is 2.43 bits per heavy atom. The van der Waals surface area contributed by atoms with Gasteiger partial charge < -0.3 is 5.11 Å². The van der Waals surface area contributed by atoms with E-state index in [1.165, 1.54) is 0 Å². The van der Waals surface area contributed by atoms with Crippen LogP contribution in [0, 0.1) is 0 Å². The smallest absolute Gasteiger partial charge is 0.387 e. The van der Waals surface area contributed by atoms with E-state index in [0.29, 0.717) is 17.7 Å². The van der Waals surface area contributed by atoms with Gasteiger partial charge in [0.25, 0.3) is 0 Å². The molecule has 1 aliphatic rings. The van der Waals surface area contributed by atoms with Gasteiger partial charge in [-0.3, -0.25) is 0 Å². The zero-order chi connectivity index (χ0) is 16.0. The third kappa shape index (κ3) is 3.08. The van der Waals surface area contributed by atoms with Gasteiger partial charge in [0, 0.05) is 13.1 Å². The van der Waals surface area contributed by atoms with E-state index in [1.807, 2.05) is 0 Å². The van der Waals surface area contributed by atoms with Gasteiger partial charge in [-0.25, -0.2) is 8.42 Å². The van der Waals surface area contributed by atoms with Crippen LogP contribution in [0.2, 0.25) is 5.02 Å². The number of sulfonamides is 1. The summed E-state index contributed by atoms with van der Waals surface area (Å²) >= 11 is 5.68.